The summed E-state index contributed by atoms with van der Waals surface area (Å²) in [5.74, 6) is 0.654. The lowest BCUT2D eigenvalue weighted by Crippen LogP contribution is -2.49. The second-order valence-electron chi connectivity index (χ2n) is 4.37. The van der Waals surface area contributed by atoms with E-state index in [0.29, 0.717) is 18.1 Å². The Hall–Kier alpha value is -1.67. The van der Waals surface area contributed by atoms with Crippen LogP contribution in [0, 0.1) is 11.3 Å². The maximum Gasteiger partial charge on any atom is 0.183 e. The van der Waals surface area contributed by atoms with Crippen molar-refractivity contribution in [3.8, 4) is 6.07 Å². The zero-order valence-corrected chi connectivity index (χ0v) is 9.47. The van der Waals surface area contributed by atoms with Gasteiger partial charge in [0.15, 0.2) is 11.5 Å². The van der Waals surface area contributed by atoms with Gasteiger partial charge in [0.1, 0.15) is 6.07 Å². The maximum atomic E-state index is 8.97. The fraction of sp³-hybridized carbons (Fsp3) is 0.545. The topological polar surface area (TPSA) is 62.0 Å². The highest BCUT2D eigenvalue weighted by molar-refractivity contribution is 5.50. The molecule has 1 fully saturated rings. The van der Waals surface area contributed by atoms with Gasteiger partial charge < -0.3 is 9.64 Å². The van der Waals surface area contributed by atoms with Crippen molar-refractivity contribution < 1.29 is 4.74 Å². The normalized spacial score (nSPS) is 19.2. The summed E-state index contributed by atoms with van der Waals surface area (Å²) in [6, 6.07) is 2.06. The first-order valence-corrected chi connectivity index (χ1v) is 5.22. The second-order valence-corrected chi connectivity index (χ2v) is 4.37. The lowest BCUT2D eigenvalue weighted by Gasteiger charge is -2.38. The minimum atomic E-state index is -0.206. The fourth-order valence-electron chi connectivity index (χ4n) is 1.84. The molecule has 0 saturated carbocycles. The Balaban J connectivity index is 2.27. The van der Waals surface area contributed by atoms with Crippen molar-refractivity contribution in [2.24, 2.45) is 0 Å². The minimum absolute atomic E-state index is 0.206. The maximum absolute atomic E-state index is 8.97. The predicted molar refractivity (Wildman–Crippen MR) is 59.0 cm³/mol. The first-order chi connectivity index (χ1) is 7.62. The Labute approximate surface area is 94.7 Å². The molecule has 84 valence electrons. The summed E-state index contributed by atoms with van der Waals surface area (Å²) in [6.07, 6.45) is 3.15. The lowest BCUT2D eigenvalue weighted by molar-refractivity contribution is -0.0279. The number of rotatable bonds is 1. The summed E-state index contributed by atoms with van der Waals surface area (Å²) >= 11 is 0. The third kappa shape index (κ3) is 2.12. The standard InChI is InChI=1S/C11H14N4O/c1-11(2)8-15(5-6-16-11)10-9(7-12)13-3-4-14-10/h3-4H,5-6,8H2,1-2H3. The average molecular weight is 218 g/mol. The molecule has 5 heteroatoms. The summed E-state index contributed by atoms with van der Waals surface area (Å²) in [6.45, 7) is 6.18. The SMILES string of the molecule is CC1(C)CN(c2nccnc2C#N)CCO1. The summed E-state index contributed by atoms with van der Waals surface area (Å²) < 4.78 is 5.62. The molecule has 2 heterocycles. The molecule has 0 radical (unpaired) electrons. The third-order valence-corrected chi connectivity index (χ3v) is 2.51. The quantitative estimate of drug-likeness (QED) is 0.702. The Kier molecular flexibility index (Phi) is 2.75. The molecule has 0 atom stereocenters. The van der Waals surface area contributed by atoms with Crippen LogP contribution in [-0.4, -0.2) is 35.3 Å². The van der Waals surface area contributed by atoms with Crippen LogP contribution in [0.25, 0.3) is 0 Å². The lowest BCUT2D eigenvalue weighted by atomic mass is 10.1. The molecule has 1 saturated heterocycles. The Morgan fingerprint density at radius 1 is 1.44 bits per heavy atom. The number of hydrogen-bond acceptors (Lipinski definition) is 5. The van der Waals surface area contributed by atoms with Crippen molar-refractivity contribution in [1.29, 1.82) is 5.26 Å². The van der Waals surface area contributed by atoms with Gasteiger partial charge >= 0.3 is 0 Å². The molecule has 16 heavy (non-hydrogen) atoms. The van der Waals surface area contributed by atoms with E-state index in [0.717, 1.165) is 13.1 Å². The smallest absolute Gasteiger partial charge is 0.183 e. The molecule has 0 unspecified atom stereocenters. The number of nitriles is 1. The van der Waals surface area contributed by atoms with E-state index in [4.69, 9.17) is 10.00 Å². The molecule has 2 rings (SSSR count). The van der Waals surface area contributed by atoms with Gasteiger partial charge in [-0.15, -0.1) is 0 Å². The van der Waals surface area contributed by atoms with Crippen molar-refractivity contribution >= 4 is 5.82 Å². The second kappa shape index (κ2) is 4.06. The zero-order chi connectivity index (χ0) is 11.6. The number of aromatic nitrogens is 2. The molecule has 1 aliphatic heterocycles. The Morgan fingerprint density at radius 3 is 2.88 bits per heavy atom. The van der Waals surface area contributed by atoms with Gasteiger partial charge in [0, 0.05) is 25.5 Å². The molecule has 0 aliphatic carbocycles. The van der Waals surface area contributed by atoms with Crippen LogP contribution in [0.15, 0.2) is 12.4 Å². The summed E-state index contributed by atoms with van der Waals surface area (Å²) in [5.41, 5.74) is 0.169. The Bertz CT molecular complexity index is 424. The van der Waals surface area contributed by atoms with Gasteiger partial charge in [0.05, 0.1) is 12.2 Å². The molecule has 0 bridgehead atoms. The first kappa shape index (κ1) is 10.8. The van der Waals surface area contributed by atoms with Gasteiger partial charge in [0.25, 0.3) is 0 Å². The molecular weight excluding hydrogens is 204 g/mol. The summed E-state index contributed by atoms with van der Waals surface area (Å²) in [5, 5.41) is 8.97. The highest BCUT2D eigenvalue weighted by Crippen LogP contribution is 2.22. The van der Waals surface area contributed by atoms with E-state index >= 15 is 0 Å². The van der Waals surface area contributed by atoms with E-state index in [1.165, 1.54) is 6.20 Å². The van der Waals surface area contributed by atoms with Gasteiger partial charge in [-0.25, -0.2) is 9.97 Å². The van der Waals surface area contributed by atoms with Gasteiger partial charge in [-0.05, 0) is 13.8 Å². The predicted octanol–water partition coefficient (Wildman–Crippen LogP) is 0.963. The molecule has 0 aromatic carbocycles. The van der Waals surface area contributed by atoms with Crippen LogP contribution < -0.4 is 4.90 Å². The van der Waals surface area contributed by atoms with E-state index in [1.54, 1.807) is 6.20 Å². The molecule has 5 nitrogen and oxygen atoms in total. The van der Waals surface area contributed by atoms with E-state index in [9.17, 15) is 0 Å². The largest absolute Gasteiger partial charge is 0.372 e. The van der Waals surface area contributed by atoms with E-state index in [1.807, 2.05) is 13.8 Å². The number of morpholine rings is 1. The summed E-state index contributed by atoms with van der Waals surface area (Å²) in [4.78, 5) is 10.3. The van der Waals surface area contributed by atoms with E-state index in [-0.39, 0.29) is 5.60 Å². The molecule has 0 amide bonds. The van der Waals surface area contributed by atoms with Crippen LogP contribution in [0.2, 0.25) is 0 Å². The highest BCUT2D eigenvalue weighted by Gasteiger charge is 2.29. The molecule has 1 aromatic heterocycles. The van der Waals surface area contributed by atoms with Gasteiger partial charge in [-0.1, -0.05) is 0 Å². The van der Waals surface area contributed by atoms with Crippen molar-refractivity contribution in [2.45, 2.75) is 19.4 Å². The van der Waals surface area contributed by atoms with Crippen LogP contribution >= 0.6 is 0 Å². The molecule has 0 N–H and O–H groups in total. The number of nitrogens with zero attached hydrogens (tertiary/aromatic N) is 4. The molecule has 0 spiro atoms. The number of hydrogen-bond donors (Lipinski definition) is 0. The van der Waals surface area contributed by atoms with Crippen LogP contribution in [0.1, 0.15) is 19.5 Å². The molecule has 1 aromatic rings. The fourth-order valence-corrected chi connectivity index (χ4v) is 1.84. The van der Waals surface area contributed by atoms with Crippen molar-refractivity contribution in [3.05, 3.63) is 18.1 Å². The van der Waals surface area contributed by atoms with Crippen molar-refractivity contribution in [1.82, 2.24) is 9.97 Å². The van der Waals surface area contributed by atoms with E-state index < -0.39 is 0 Å². The minimum Gasteiger partial charge on any atom is -0.372 e. The average Bonchev–Trinajstić information content (AvgIpc) is 2.27. The van der Waals surface area contributed by atoms with Crippen LogP contribution in [-0.2, 0) is 4.74 Å². The number of anilines is 1. The molecular formula is C11H14N4O. The van der Waals surface area contributed by atoms with Crippen LogP contribution in [0.5, 0.6) is 0 Å². The monoisotopic (exact) mass is 218 g/mol. The number of ether oxygens (including phenoxy) is 1. The summed E-state index contributed by atoms with van der Waals surface area (Å²) in [7, 11) is 0. The van der Waals surface area contributed by atoms with Gasteiger partial charge in [-0.3, -0.25) is 0 Å². The first-order valence-electron chi connectivity index (χ1n) is 5.22. The van der Waals surface area contributed by atoms with Crippen LogP contribution in [0.3, 0.4) is 0 Å². The third-order valence-electron chi connectivity index (χ3n) is 2.51. The Morgan fingerprint density at radius 2 is 2.19 bits per heavy atom. The van der Waals surface area contributed by atoms with Crippen LogP contribution in [0.4, 0.5) is 5.82 Å². The van der Waals surface area contributed by atoms with E-state index in [2.05, 4.69) is 20.9 Å². The van der Waals surface area contributed by atoms with Gasteiger partial charge in [0.2, 0.25) is 0 Å². The van der Waals surface area contributed by atoms with Crippen molar-refractivity contribution in [3.63, 3.8) is 0 Å². The molecule has 1 aliphatic rings. The van der Waals surface area contributed by atoms with Crippen molar-refractivity contribution in [2.75, 3.05) is 24.6 Å². The van der Waals surface area contributed by atoms with Gasteiger partial charge in [-0.2, -0.15) is 5.26 Å². The zero-order valence-electron chi connectivity index (χ0n) is 9.47. The highest BCUT2D eigenvalue weighted by atomic mass is 16.5.